The molecule has 3 nitrogen and oxygen atoms in total. The molecule has 1 aromatic carbocycles. The lowest BCUT2D eigenvalue weighted by molar-refractivity contribution is -0.126. The zero-order chi connectivity index (χ0) is 14.4. The minimum Gasteiger partial charge on any atom is -0.336 e. The van der Waals surface area contributed by atoms with Crippen molar-refractivity contribution in [1.29, 1.82) is 5.26 Å². The largest absolute Gasteiger partial charge is 0.336 e. The van der Waals surface area contributed by atoms with Crippen LogP contribution in [0, 0.1) is 17.2 Å². The van der Waals surface area contributed by atoms with Gasteiger partial charge in [0.05, 0.1) is 6.07 Å². The number of nitrogens with one attached hydrogen (secondary N) is 1. The standard InChI is InChI=1S/C17H22N2O/c1-2-13-8-10-14(11-9-13)16(12-18)19-17(20)15-6-4-3-5-7-15/h8-11,15-16H,2-7H2,1H3,(H,19,20). The quantitative estimate of drug-likeness (QED) is 0.910. The molecule has 3 heteroatoms. The summed E-state index contributed by atoms with van der Waals surface area (Å²) in [5, 5.41) is 12.2. The summed E-state index contributed by atoms with van der Waals surface area (Å²) >= 11 is 0. The highest BCUT2D eigenvalue weighted by atomic mass is 16.1. The Balaban J connectivity index is 2.00. The average Bonchev–Trinajstić information content (AvgIpc) is 2.53. The lowest BCUT2D eigenvalue weighted by Crippen LogP contribution is -2.34. The molecule has 0 saturated heterocycles. The molecule has 0 aliphatic heterocycles. The Morgan fingerprint density at radius 3 is 2.50 bits per heavy atom. The number of hydrogen-bond donors (Lipinski definition) is 1. The molecule has 0 spiro atoms. The highest BCUT2D eigenvalue weighted by Crippen LogP contribution is 2.24. The van der Waals surface area contributed by atoms with Crippen LogP contribution in [0.2, 0.25) is 0 Å². The molecule has 0 bridgehead atoms. The number of nitriles is 1. The fourth-order valence-electron chi connectivity index (χ4n) is 2.76. The summed E-state index contributed by atoms with van der Waals surface area (Å²) in [6.45, 7) is 2.10. The first-order valence-electron chi connectivity index (χ1n) is 7.53. The van der Waals surface area contributed by atoms with Crippen molar-refractivity contribution in [3.05, 3.63) is 35.4 Å². The van der Waals surface area contributed by atoms with Crippen LogP contribution in [0.1, 0.15) is 56.2 Å². The fourth-order valence-corrected chi connectivity index (χ4v) is 2.76. The van der Waals surface area contributed by atoms with Crippen molar-refractivity contribution in [2.45, 2.75) is 51.5 Å². The van der Waals surface area contributed by atoms with E-state index < -0.39 is 6.04 Å². The monoisotopic (exact) mass is 270 g/mol. The molecule has 1 atom stereocenters. The summed E-state index contributed by atoms with van der Waals surface area (Å²) in [6, 6.07) is 9.58. The van der Waals surface area contributed by atoms with Crippen molar-refractivity contribution in [2.24, 2.45) is 5.92 Å². The number of carbonyl (C=O) groups excluding carboxylic acids is 1. The highest BCUT2D eigenvalue weighted by molar-refractivity contribution is 5.79. The van der Waals surface area contributed by atoms with Gasteiger partial charge in [0, 0.05) is 5.92 Å². The van der Waals surface area contributed by atoms with Gasteiger partial charge in [-0.05, 0) is 30.4 Å². The first kappa shape index (κ1) is 14.6. The second-order valence-corrected chi connectivity index (χ2v) is 5.50. The molecule has 1 aromatic rings. The van der Waals surface area contributed by atoms with E-state index in [2.05, 4.69) is 18.3 Å². The third-order valence-corrected chi connectivity index (χ3v) is 4.11. The third kappa shape index (κ3) is 3.60. The summed E-state index contributed by atoms with van der Waals surface area (Å²) in [6.07, 6.45) is 6.37. The van der Waals surface area contributed by atoms with Gasteiger partial charge in [-0.25, -0.2) is 0 Å². The maximum atomic E-state index is 12.2. The minimum atomic E-state index is -0.532. The van der Waals surface area contributed by atoms with Gasteiger partial charge in [-0.3, -0.25) is 4.79 Å². The van der Waals surface area contributed by atoms with Crippen LogP contribution >= 0.6 is 0 Å². The Morgan fingerprint density at radius 2 is 1.95 bits per heavy atom. The molecule has 106 valence electrons. The normalized spacial score (nSPS) is 17.2. The maximum Gasteiger partial charge on any atom is 0.224 e. The molecule has 20 heavy (non-hydrogen) atoms. The van der Waals surface area contributed by atoms with Crippen molar-refractivity contribution < 1.29 is 4.79 Å². The number of hydrogen-bond acceptors (Lipinski definition) is 2. The zero-order valence-electron chi connectivity index (χ0n) is 12.1. The molecule has 0 aromatic heterocycles. The fraction of sp³-hybridized carbons (Fsp3) is 0.529. The summed E-state index contributed by atoms with van der Waals surface area (Å²) < 4.78 is 0. The number of benzene rings is 1. The summed E-state index contributed by atoms with van der Waals surface area (Å²) in [7, 11) is 0. The number of rotatable bonds is 4. The van der Waals surface area contributed by atoms with Gasteiger partial charge >= 0.3 is 0 Å². The molecule has 1 fully saturated rings. The van der Waals surface area contributed by atoms with Crippen LogP contribution < -0.4 is 5.32 Å². The number of carbonyl (C=O) groups is 1. The van der Waals surface area contributed by atoms with Crippen LogP contribution in [0.15, 0.2) is 24.3 Å². The van der Waals surface area contributed by atoms with Crippen molar-refractivity contribution in [3.8, 4) is 6.07 Å². The van der Waals surface area contributed by atoms with Gasteiger partial charge in [0.2, 0.25) is 5.91 Å². The Labute approximate surface area is 121 Å². The van der Waals surface area contributed by atoms with E-state index in [0.717, 1.165) is 37.7 Å². The van der Waals surface area contributed by atoms with E-state index in [1.165, 1.54) is 12.0 Å². The Bertz CT molecular complexity index is 481. The Kier molecular flexibility index (Phi) is 5.17. The van der Waals surface area contributed by atoms with Gasteiger partial charge in [0.1, 0.15) is 6.04 Å². The predicted octanol–water partition coefficient (Wildman–Crippen LogP) is 3.51. The Morgan fingerprint density at radius 1 is 1.30 bits per heavy atom. The summed E-state index contributed by atoms with van der Waals surface area (Å²) in [5.74, 6) is 0.130. The molecule has 0 heterocycles. The van der Waals surface area contributed by atoms with E-state index in [1.54, 1.807) is 0 Å². The van der Waals surface area contributed by atoms with Gasteiger partial charge in [-0.2, -0.15) is 5.26 Å². The molecule has 2 rings (SSSR count). The van der Waals surface area contributed by atoms with Crippen LogP contribution in [0.3, 0.4) is 0 Å². The maximum absolute atomic E-state index is 12.2. The first-order chi connectivity index (χ1) is 9.74. The predicted molar refractivity (Wildman–Crippen MR) is 78.9 cm³/mol. The number of aryl methyl sites for hydroxylation is 1. The van der Waals surface area contributed by atoms with Crippen molar-refractivity contribution in [1.82, 2.24) is 5.32 Å². The highest BCUT2D eigenvalue weighted by Gasteiger charge is 2.23. The van der Waals surface area contributed by atoms with Crippen molar-refractivity contribution in [3.63, 3.8) is 0 Å². The SMILES string of the molecule is CCc1ccc(C(C#N)NC(=O)C2CCCCC2)cc1. The summed E-state index contributed by atoms with van der Waals surface area (Å²) in [4.78, 5) is 12.2. The second kappa shape index (κ2) is 7.09. The lowest BCUT2D eigenvalue weighted by Gasteiger charge is -2.22. The van der Waals surface area contributed by atoms with Crippen LogP contribution in [0.25, 0.3) is 0 Å². The minimum absolute atomic E-state index is 0.0378. The molecular formula is C17H22N2O. The second-order valence-electron chi connectivity index (χ2n) is 5.50. The lowest BCUT2D eigenvalue weighted by atomic mass is 9.88. The van der Waals surface area contributed by atoms with E-state index in [4.69, 9.17) is 0 Å². The summed E-state index contributed by atoms with van der Waals surface area (Å²) in [5.41, 5.74) is 2.11. The molecule has 1 unspecified atom stereocenters. The van der Waals surface area contributed by atoms with Crippen LogP contribution in [-0.4, -0.2) is 5.91 Å². The molecule has 1 N–H and O–H groups in total. The van der Waals surface area contributed by atoms with E-state index in [-0.39, 0.29) is 11.8 Å². The van der Waals surface area contributed by atoms with Crippen molar-refractivity contribution >= 4 is 5.91 Å². The first-order valence-corrected chi connectivity index (χ1v) is 7.53. The van der Waals surface area contributed by atoms with Gasteiger partial charge in [0.15, 0.2) is 0 Å². The van der Waals surface area contributed by atoms with Gasteiger partial charge in [-0.15, -0.1) is 0 Å². The zero-order valence-corrected chi connectivity index (χ0v) is 12.1. The van der Waals surface area contributed by atoms with Crippen LogP contribution in [-0.2, 0) is 11.2 Å². The van der Waals surface area contributed by atoms with Gasteiger partial charge in [-0.1, -0.05) is 50.5 Å². The molecule has 1 saturated carbocycles. The van der Waals surface area contributed by atoms with Gasteiger partial charge in [0.25, 0.3) is 0 Å². The Hall–Kier alpha value is -1.82. The average molecular weight is 270 g/mol. The van der Waals surface area contributed by atoms with E-state index in [9.17, 15) is 10.1 Å². The number of amides is 1. The van der Waals surface area contributed by atoms with Gasteiger partial charge < -0.3 is 5.32 Å². The van der Waals surface area contributed by atoms with E-state index >= 15 is 0 Å². The molecular weight excluding hydrogens is 248 g/mol. The number of nitrogens with zero attached hydrogens (tertiary/aromatic N) is 1. The third-order valence-electron chi connectivity index (χ3n) is 4.11. The molecule has 0 radical (unpaired) electrons. The van der Waals surface area contributed by atoms with Crippen LogP contribution in [0.5, 0.6) is 0 Å². The van der Waals surface area contributed by atoms with Crippen LogP contribution in [0.4, 0.5) is 0 Å². The van der Waals surface area contributed by atoms with Crippen molar-refractivity contribution in [2.75, 3.05) is 0 Å². The van der Waals surface area contributed by atoms with E-state index in [1.807, 2.05) is 24.3 Å². The molecule has 1 aliphatic rings. The molecule has 1 aliphatic carbocycles. The van der Waals surface area contributed by atoms with E-state index in [0.29, 0.717) is 0 Å². The topological polar surface area (TPSA) is 52.9 Å². The smallest absolute Gasteiger partial charge is 0.224 e. The molecule has 1 amide bonds.